The van der Waals surface area contributed by atoms with Gasteiger partial charge in [-0.05, 0) is 43.8 Å². The van der Waals surface area contributed by atoms with Crippen LogP contribution in [0, 0.1) is 6.92 Å². The summed E-state index contributed by atoms with van der Waals surface area (Å²) in [7, 11) is 0. The van der Waals surface area contributed by atoms with E-state index in [1.165, 1.54) is 22.2 Å². The van der Waals surface area contributed by atoms with E-state index in [2.05, 4.69) is 94.7 Å². The minimum Gasteiger partial charge on any atom is -0.490 e. The van der Waals surface area contributed by atoms with E-state index >= 15 is 0 Å². The lowest BCUT2D eigenvalue weighted by molar-refractivity contribution is 0.223. The Labute approximate surface area is 164 Å². The van der Waals surface area contributed by atoms with E-state index in [4.69, 9.17) is 4.74 Å². The number of hydrogen-bond donors (Lipinski definition) is 0. The van der Waals surface area contributed by atoms with Crippen molar-refractivity contribution in [1.82, 2.24) is 9.47 Å². The Morgan fingerprint density at radius 1 is 1.04 bits per heavy atom. The van der Waals surface area contributed by atoms with Crippen molar-refractivity contribution in [2.24, 2.45) is 0 Å². The summed E-state index contributed by atoms with van der Waals surface area (Å²) in [5, 5.41) is 1.17. The standard InChI is InChI=1S/C22H27BrN2O/c1-4-24(5-2)13-14-26-22-17(3)25(16-18-9-7-6-8-10-18)21-12-11-19(23)15-20(21)22/h6-12,15H,4-5,13-14,16H2,1-3H3. The molecule has 0 aliphatic rings. The molecule has 0 amide bonds. The van der Waals surface area contributed by atoms with Crippen LogP contribution in [0.4, 0.5) is 0 Å². The zero-order valence-corrected chi connectivity index (χ0v) is 17.4. The topological polar surface area (TPSA) is 17.4 Å². The molecular weight excluding hydrogens is 388 g/mol. The first-order valence-corrected chi connectivity index (χ1v) is 10.1. The van der Waals surface area contributed by atoms with Gasteiger partial charge in [-0.2, -0.15) is 0 Å². The van der Waals surface area contributed by atoms with E-state index in [0.717, 1.165) is 36.4 Å². The maximum Gasteiger partial charge on any atom is 0.147 e. The third-order valence-electron chi connectivity index (χ3n) is 4.96. The predicted octanol–water partition coefficient (Wildman–Crippen LogP) is 5.48. The first-order valence-electron chi connectivity index (χ1n) is 9.31. The third kappa shape index (κ3) is 4.13. The van der Waals surface area contributed by atoms with Crippen LogP contribution in [0.3, 0.4) is 0 Å². The largest absolute Gasteiger partial charge is 0.490 e. The van der Waals surface area contributed by atoms with Crippen molar-refractivity contribution < 1.29 is 4.74 Å². The van der Waals surface area contributed by atoms with Crippen molar-refractivity contribution in [2.75, 3.05) is 26.2 Å². The van der Waals surface area contributed by atoms with Gasteiger partial charge < -0.3 is 14.2 Å². The van der Waals surface area contributed by atoms with E-state index in [1.54, 1.807) is 0 Å². The smallest absolute Gasteiger partial charge is 0.147 e. The van der Waals surface area contributed by atoms with Gasteiger partial charge in [0.25, 0.3) is 0 Å². The second kappa shape index (κ2) is 8.74. The number of aromatic nitrogens is 1. The van der Waals surface area contributed by atoms with Gasteiger partial charge in [-0.25, -0.2) is 0 Å². The molecule has 0 aliphatic carbocycles. The molecule has 0 spiro atoms. The molecule has 3 rings (SSSR count). The van der Waals surface area contributed by atoms with Crippen molar-refractivity contribution in [3.05, 3.63) is 64.3 Å². The number of benzene rings is 2. The molecule has 3 nitrogen and oxygen atoms in total. The number of ether oxygens (including phenoxy) is 1. The summed E-state index contributed by atoms with van der Waals surface area (Å²) in [6.07, 6.45) is 0. The zero-order chi connectivity index (χ0) is 18.5. The van der Waals surface area contributed by atoms with Crippen LogP contribution < -0.4 is 4.74 Å². The van der Waals surface area contributed by atoms with Crippen molar-refractivity contribution in [1.29, 1.82) is 0 Å². The first-order chi connectivity index (χ1) is 12.6. The van der Waals surface area contributed by atoms with Crippen LogP contribution in [0.1, 0.15) is 25.1 Å². The molecule has 0 saturated carbocycles. The van der Waals surface area contributed by atoms with Crippen LogP contribution in [-0.4, -0.2) is 35.7 Å². The Morgan fingerprint density at radius 3 is 2.46 bits per heavy atom. The van der Waals surface area contributed by atoms with Crippen LogP contribution in [0.2, 0.25) is 0 Å². The van der Waals surface area contributed by atoms with Gasteiger partial charge in [-0.15, -0.1) is 0 Å². The molecule has 26 heavy (non-hydrogen) atoms. The lowest BCUT2D eigenvalue weighted by atomic mass is 10.2. The van der Waals surface area contributed by atoms with Crippen molar-refractivity contribution in [3.8, 4) is 5.75 Å². The van der Waals surface area contributed by atoms with Crippen LogP contribution in [0.25, 0.3) is 10.9 Å². The molecule has 138 valence electrons. The number of hydrogen-bond acceptors (Lipinski definition) is 2. The Morgan fingerprint density at radius 2 is 1.77 bits per heavy atom. The molecule has 0 unspecified atom stereocenters. The van der Waals surface area contributed by atoms with Crippen LogP contribution in [-0.2, 0) is 6.54 Å². The second-order valence-electron chi connectivity index (χ2n) is 6.52. The number of halogens is 1. The fourth-order valence-corrected chi connectivity index (χ4v) is 3.75. The Balaban J connectivity index is 1.92. The van der Waals surface area contributed by atoms with Gasteiger partial charge in [0, 0.05) is 22.9 Å². The SMILES string of the molecule is CCN(CC)CCOc1c(C)n(Cc2ccccc2)c2ccc(Br)cc12. The summed E-state index contributed by atoms with van der Waals surface area (Å²) in [5.41, 5.74) is 3.69. The van der Waals surface area contributed by atoms with Crippen LogP contribution in [0.15, 0.2) is 53.0 Å². The number of nitrogens with zero attached hydrogens (tertiary/aromatic N) is 2. The van der Waals surface area contributed by atoms with Crippen LogP contribution in [0.5, 0.6) is 5.75 Å². The molecule has 3 aromatic rings. The van der Waals surface area contributed by atoms with E-state index in [9.17, 15) is 0 Å². The van der Waals surface area contributed by atoms with Gasteiger partial charge >= 0.3 is 0 Å². The second-order valence-corrected chi connectivity index (χ2v) is 7.44. The lowest BCUT2D eigenvalue weighted by Gasteiger charge is -2.18. The molecule has 0 aliphatic heterocycles. The normalized spacial score (nSPS) is 11.4. The minimum absolute atomic E-state index is 0.708. The number of rotatable bonds is 8. The highest BCUT2D eigenvalue weighted by molar-refractivity contribution is 9.10. The molecule has 0 atom stereocenters. The van der Waals surface area contributed by atoms with Gasteiger partial charge in [-0.3, -0.25) is 0 Å². The summed E-state index contributed by atoms with van der Waals surface area (Å²) in [6, 6.07) is 17.0. The molecular formula is C22H27BrN2O. The first kappa shape index (κ1) is 19.0. The highest BCUT2D eigenvalue weighted by Crippen LogP contribution is 2.35. The lowest BCUT2D eigenvalue weighted by Crippen LogP contribution is -2.28. The van der Waals surface area contributed by atoms with E-state index < -0.39 is 0 Å². The molecule has 1 aromatic heterocycles. The fraction of sp³-hybridized carbons (Fsp3) is 0.364. The Kier molecular flexibility index (Phi) is 6.38. The van der Waals surface area contributed by atoms with Gasteiger partial charge in [0.05, 0.1) is 11.2 Å². The highest BCUT2D eigenvalue weighted by Gasteiger charge is 2.16. The average Bonchev–Trinajstić information content (AvgIpc) is 2.91. The third-order valence-corrected chi connectivity index (χ3v) is 5.45. The molecule has 0 bridgehead atoms. The van der Waals surface area contributed by atoms with Crippen molar-refractivity contribution in [3.63, 3.8) is 0 Å². The van der Waals surface area contributed by atoms with E-state index in [1.807, 2.05) is 0 Å². The average molecular weight is 415 g/mol. The zero-order valence-electron chi connectivity index (χ0n) is 15.8. The van der Waals surface area contributed by atoms with Gasteiger partial charge in [0.1, 0.15) is 12.4 Å². The maximum absolute atomic E-state index is 6.27. The van der Waals surface area contributed by atoms with Crippen LogP contribution >= 0.6 is 15.9 Å². The molecule has 0 N–H and O–H groups in total. The molecule has 2 aromatic carbocycles. The number of likely N-dealkylation sites (N-methyl/N-ethyl adjacent to an activating group) is 1. The van der Waals surface area contributed by atoms with Crippen molar-refractivity contribution >= 4 is 26.8 Å². The monoisotopic (exact) mass is 414 g/mol. The van der Waals surface area contributed by atoms with E-state index in [-0.39, 0.29) is 0 Å². The Hall–Kier alpha value is -1.78. The molecule has 1 heterocycles. The highest BCUT2D eigenvalue weighted by atomic mass is 79.9. The molecule has 0 saturated heterocycles. The minimum atomic E-state index is 0.708. The summed E-state index contributed by atoms with van der Waals surface area (Å²) in [4.78, 5) is 2.38. The maximum atomic E-state index is 6.27. The van der Waals surface area contributed by atoms with Gasteiger partial charge in [-0.1, -0.05) is 60.1 Å². The summed E-state index contributed by atoms with van der Waals surface area (Å²) in [5.74, 6) is 1.00. The van der Waals surface area contributed by atoms with E-state index in [0.29, 0.717) is 6.61 Å². The molecule has 4 heteroatoms. The van der Waals surface area contributed by atoms with Crippen molar-refractivity contribution in [2.45, 2.75) is 27.3 Å². The summed E-state index contributed by atoms with van der Waals surface area (Å²) in [6.45, 7) is 11.2. The predicted molar refractivity (Wildman–Crippen MR) is 113 cm³/mol. The Bertz CT molecular complexity index is 853. The summed E-state index contributed by atoms with van der Waals surface area (Å²) < 4.78 is 9.70. The quantitative estimate of drug-likeness (QED) is 0.485. The summed E-state index contributed by atoms with van der Waals surface area (Å²) >= 11 is 3.61. The van der Waals surface area contributed by atoms with Gasteiger partial charge in [0.15, 0.2) is 0 Å². The van der Waals surface area contributed by atoms with Gasteiger partial charge in [0.2, 0.25) is 0 Å². The fourth-order valence-electron chi connectivity index (χ4n) is 3.39. The number of fused-ring (bicyclic) bond motifs is 1. The molecule has 0 radical (unpaired) electrons. The molecule has 0 fully saturated rings.